The van der Waals surface area contributed by atoms with Crippen LogP contribution in [0.3, 0.4) is 0 Å². The van der Waals surface area contributed by atoms with Crippen molar-refractivity contribution >= 4 is 51.7 Å². The normalized spacial score (nSPS) is 23.6. The monoisotopic (exact) mass is 458 g/mol. The van der Waals surface area contributed by atoms with Crippen LogP contribution >= 0.6 is 24.0 Å². The Morgan fingerprint density at radius 1 is 1.26 bits per heavy atom. The molecule has 164 valence electrons. The van der Waals surface area contributed by atoms with Crippen molar-refractivity contribution in [2.45, 2.75) is 52.9 Å². The van der Waals surface area contributed by atoms with Gasteiger partial charge in [-0.25, -0.2) is 4.98 Å². The fourth-order valence-electron chi connectivity index (χ4n) is 4.07. The number of hydrogen-bond acceptors (Lipinski definition) is 7. The lowest BCUT2D eigenvalue weighted by atomic mass is 10.1. The standard InChI is InChI=1S/C22H26N4O3S2/c1-12(2)26-21(28)17(31-22(26)30)9-16-19(24-10-14(4)29-15(5)11-24)23-18-13(3)7-6-8-25(18)20(16)27/h6-9,12,14-15H,10-11H2,1-5H3/b17-9-/t14-,15+. The summed E-state index contributed by atoms with van der Waals surface area (Å²) in [6.07, 6.45) is 3.38. The predicted octanol–water partition coefficient (Wildman–Crippen LogP) is 3.23. The molecule has 2 saturated heterocycles. The van der Waals surface area contributed by atoms with Crippen LogP contribution in [0.5, 0.6) is 0 Å². The summed E-state index contributed by atoms with van der Waals surface area (Å²) in [6, 6.07) is 3.72. The maximum atomic E-state index is 13.6. The topological polar surface area (TPSA) is 67.2 Å². The molecule has 0 saturated carbocycles. The number of carbonyl (C=O) groups is 1. The van der Waals surface area contributed by atoms with Gasteiger partial charge < -0.3 is 9.64 Å². The summed E-state index contributed by atoms with van der Waals surface area (Å²) >= 11 is 6.63. The quantitative estimate of drug-likeness (QED) is 0.517. The van der Waals surface area contributed by atoms with Gasteiger partial charge >= 0.3 is 0 Å². The van der Waals surface area contributed by atoms with Gasteiger partial charge in [0.1, 0.15) is 15.8 Å². The molecule has 1 amide bonds. The second kappa shape index (κ2) is 8.37. The number of amides is 1. The summed E-state index contributed by atoms with van der Waals surface area (Å²) in [5.41, 5.74) is 1.72. The highest BCUT2D eigenvalue weighted by atomic mass is 32.2. The molecule has 31 heavy (non-hydrogen) atoms. The molecule has 4 heterocycles. The molecule has 2 fully saturated rings. The third-order valence-corrected chi connectivity index (χ3v) is 6.73. The van der Waals surface area contributed by atoms with Crippen molar-refractivity contribution in [3.63, 3.8) is 0 Å². The smallest absolute Gasteiger partial charge is 0.267 e. The summed E-state index contributed by atoms with van der Waals surface area (Å²) in [5.74, 6) is 0.407. The molecule has 7 nitrogen and oxygen atoms in total. The van der Waals surface area contributed by atoms with Crippen molar-refractivity contribution < 1.29 is 9.53 Å². The zero-order valence-corrected chi connectivity index (χ0v) is 19.9. The minimum atomic E-state index is -0.203. The highest BCUT2D eigenvalue weighted by Crippen LogP contribution is 2.35. The Morgan fingerprint density at radius 2 is 1.94 bits per heavy atom. The number of fused-ring (bicyclic) bond motifs is 1. The van der Waals surface area contributed by atoms with Gasteiger partial charge in [-0.3, -0.25) is 18.9 Å². The molecule has 0 unspecified atom stereocenters. The van der Waals surface area contributed by atoms with E-state index in [0.717, 1.165) is 5.56 Å². The van der Waals surface area contributed by atoms with Crippen LogP contribution < -0.4 is 10.5 Å². The van der Waals surface area contributed by atoms with Gasteiger partial charge in [0.25, 0.3) is 11.5 Å². The van der Waals surface area contributed by atoms with Crippen molar-refractivity contribution in [3.8, 4) is 0 Å². The van der Waals surface area contributed by atoms with Gasteiger partial charge in [0.15, 0.2) is 0 Å². The maximum Gasteiger partial charge on any atom is 0.267 e. The number of carbonyl (C=O) groups excluding carboxylic acids is 1. The lowest BCUT2D eigenvalue weighted by molar-refractivity contribution is -0.123. The number of aromatic nitrogens is 2. The molecule has 0 aromatic carbocycles. The highest BCUT2D eigenvalue weighted by molar-refractivity contribution is 8.26. The van der Waals surface area contributed by atoms with E-state index < -0.39 is 0 Å². The van der Waals surface area contributed by atoms with E-state index in [0.29, 0.717) is 39.3 Å². The molecule has 2 aromatic rings. The summed E-state index contributed by atoms with van der Waals surface area (Å²) in [4.78, 5) is 35.5. The molecule has 2 aromatic heterocycles. The van der Waals surface area contributed by atoms with Crippen LogP contribution in [0, 0.1) is 6.92 Å². The van der Waals surface area contributed by atoms with E-state index in [1.165, 1.54) is 11.8 Å². The maximum absolute atomic E-state index is 13.6. The van der Waals surface area contributed by atoms with E-state index in [9.17, 15) is 9.59 Å². The molecule has 4 rings (SSSR count). The number of aryl methyl sites for hydroxylation is 1. The number of thioether (sulfide) groups is 1. The minimum absolute atomic E-state index is 0.00729. The molecular formula is C22H26N4O3S2. The van der Waals surface area contributed by atoms with Gasteiger partial charge in [0.05, 0.1) is 22.7 Å². The lowest BCUT2D eigenvalue weighted by Crippen LogP contribution is -2.46. The lowest BCUT2D eigenvalue weighted by Gasteiger charge is -2.36. The number of ether oxygens (including phenoxy) is 1. The number of pyridine rings is 1. The van der Waals surface area contributed by atoms with Crippen molar-refractivity contribution in [2.24, 2.45) is 0 Å². The third-order valence-electron chi connectivity index (χ3n) is 5.40. The zero-order valence-electron chi connectivity index (χ0n) is 18.3. The Hall–Kier alpha value is -2.23. The Bertz CT molecular complexity index is 1150. The second-order valence-corrected chi connectivity index (χ2v) is 10.0. The first-order valence-electron chi connectivity index (χ1n) is 10.4. The van der Waals surface area contributed by atoms with Gasteiger partial charge in [0.2, 0.25) is 0 Å². The molecule has 9 heteroatoms. The summed E-state index contributed by atoms with van der Waals surface area (Å²) in [7, 11) is 0. The Balaban J connectivity index is 1.92. The fourth-order valence-corrected chi connectivity index (χ4v) is 5.58. The number of thiocarbonyl (C=S) groups is 1. The summed E-state index contributed by atoms with van der Waals surface area (Å²) < 4.78 is 7.92. The molecule has 0 spiro atoms. The van der Waals surface area contributed by atoms with Gasteiger partial charge in [0, 0.05) is 25.3 Å². The van der Waals surface area contributed by atoms with Crippen molar-refractivity contribution in [3.05, 3.63) is 44.7 Å². The molecule has 0 N–H and O–H groups in total. The first-order chi connectivity index (χ1) is 14.7. The highest BCUT2D eigenvalue weighted by Gasteiger charge is 2.35. The molecule has 2 aliphatic rings. The van der Waals surface area contributed by atoms with E-state index in [1.807, 2.05) is 46.8 Å². The van der Waals surface area contributed by atoms with Crippen LogP contribution in [0.15, 0.2) is 28.0 Å². The average Bonchev–Trinajstić information content (AvgIpc) is 2.97. The third kappa shape index (κ3) is 4.02. The Labute approximate surface area is 191 Å². The molecule has 2 aliphatic heterocycles. The van der Waals surface area contributed by atoms with E-state index >= 15 is 0 Å². The first-order valence-corrected chi connectivity index (χ1v) is 11.6. The molecular weight excluding hydrogens is 432 g/mol. The van der Waals surface area contributed by atoms with Crippen LogP contribution in [-0.4, -0.2) is 55.9 Å². The van der Waals surface area contributed by atoms with Crippen molar-refractivity contribution in [1.29, 1.82) is 0 Å². The van der Waals surface area contributed by atoms with Gasteiger partial charge in [-0.05, 0) is 52.3 Å². The molecule has 0 bridgehead atoms. The van der Waals surface area contributed by atoms with Crippen molar-refractivity contribution in [2.75, 3.05) is 18.0 Å². The minimum Gasteiger partial charge on any atom is -0.372 e. The molecule has 0 aliphatic carbocycles. The summed E-state index contributed by atoms with van der Waals surface area (Å²) in [6.45, 7) is 11.0. The second-order valence-electron chi connectivity index (χ2n) is 8.35. The van der Waals surface area contributed by atoms with Crippen molar-refractivity contribution in [1.82, 2.24) is 14.3 Å². The number of morpholine rings is 1. The zero-order chi connectivity index (χ0) is 22.4. The predicted molar refractivity (Wildman–Crippen MR) is 129 cm³/mol. The van der Waals surface area contributed by atoms with E-state index in [4.69, 9.17) is 21.9 Å². The fraction of sp³-hybridized carbons (Fsp3) is 0.455. The van der Waals surface area contributed by atoms with E-state index in [-0.39, 0.29) is 29.7 Å². The average molecular weight is 459 g/mol. The van der Waals surface area contributed by atoms with Gasteiger partial charge in [-0.1, -0.05) is 30.0 Å². The van der Waals surface area contributed by atoms with E-state index in [2.05, 4.69) is 4.90 Å². The van der Waals surface area contributed by atoms with Crippen LogP contribution in [0.2, 0.25) is 0 Å². The van der Waals surface area contributed by atoms with Gasteiger partial charge in [-0.15, -0.1) is 0 Å². The largest absolute Gasteiger partial charge is 0.372 e. The molecule has 2 atom stereocenters. The van der Waals surface area contributed by atoms with Crippen LogP contribution in [0.25, 0.3) is 11.7 Å². The van der Waals surface area contributed by atoms with Gasteiger partial charge in [-0.2, -0.15) is 0 Å². The Kier molecular flexibility index (Phi) is 5.93. The molecule has 0 radical (unpaired) electrons. The van der Waals surface area contributed by atoms with Crippen LogP contribution in [-0.2, 0) is 9.53 Å². The number of rotatable bonds is 3. The number of anilines is 1. The van der Waals surface area contributed by atoms with Crippen LogP contribution in [0.4, 0.5) is 5.82 Å². The van der Waals surface area contributed by atoms with E-state index in [1.54, 1.807) is 21.6 Å². The summed E-state index contributed by atoms with van der Waals surface area (Å²) in [5, 5.41) is 0. The SMILES string of the molecule is Cc1cccn2c(=O)c(/C=C3\SC(=S)N(C(C)C)C3=O)c(N3C[C@@H](C)O[C@@H](C)C3)nc12. The first kappa shape index (κ1) is 22.0. The number of hydrogen-bond donors (Lipinski definition) is 0. The Morgan fingerprint density at radius 3 is 2.55 bits per heavy atom. The van der Waals surface area contributed by atoms with Crippen LogP contribution in [0.1, 0.15) is 38.8 Å². The number of nitrogens with zero attached hydrogens (tertiary/aromatic N) is 4.